The van der Waals surface area contributed by atoms with Crippen LogP contribution in [0.15, 0.2) is 4.52 Å². The van der Waals surface area contributed by atoms with Crippen molar-refractivity contribution in [2.24, 2.45) is 5.73 Å². The average molecular weight is 211 g/mol. The topological polar surface area (TPSA) is 74.2 Å². The van der Waals surface area contributed by atoms with E-state index in [-0.39, 0.29) is 6.10 Å². The number of rotatable bonds is 2. The molecule has 0 radical (unpaired) electrons. The highest BCUT2D eigenvalue weighted by Crippen LogP contribution is 2.35. The Balaban J connectivity index is 2.29. The Morgan fingerprint density at radius 2 is 2.33 bits per heavy atom. The number of hydrogen-bond acceptors (Lipinski definition) is 5. The van der Waals surface area contributed by atoms with Gasteiger partial charge in [0.15, 0.2) is 5.82 Å². The van der Waals surface area contributed by atoms with E-state index >= 15 is 0 Å². The molecule has 15 heavy (non-hydrogen) atoms. The lowest BCUT2D eigenvalue weighted by molar-refractivity contribution is -0.000963. The number of methoxy groups -OCH3 is 1. The maximum atomic E-state index is 6.34. The Kier molecular flexibility index (Phi) is 2.75. The lowest BCUT2D eigenvalue weighted by Crippen LogP contribution is -2.51. The van der Waals surface area contributed by atoms with Gasteiger partial charge in [0.05, 0.1) is 6.10 Å². The van der Waals surface area contributed by atoms with Gasteiger partial charge >= 0.3 is 0 Å². The minimum Gasteiger partial charge on any atom is -0.379 e. The van der Waals surface area contributed by atoms with Gasteiger partial charge in [0.25, 0.3) is 0 Å². The van der Waals surface area contributed by atoms with Crippen LogP contribution in [0, 0.1) is 6.92 Å². The van der Waals surface area contributed by atoms with Gasteiger partial charge in [-0.25, -0.2) is 0 Å². The highest BCUT2D eigenvalue weighted by molar-refractivity contribution is 5.09. The van der Waals surface area contributed by atoms with Gasteiger partial charge in [-0.3, -0.25) is 0 Å². The molecule has 1 saturated carbocycles. The first-order valence-electron chi connectivity index (χ1n) is 5.29. The molecule has 0 aromatic carbocycles. The standard InChI is InChI=1S/C10H17N3O2/c1-7-12-9(13-15-7)10(11)6-4-3-5-8(10)14-2/h8H,3-6,11H2,1-2H3. The first-order chi connectivity index (χ1) is 7.16. The van der Waals surface area contributed by atoms with Crippen LogP contribution in [0.2, 0.25) is 0 Å². The molecular formula is C10H17N3O2. The fourth-order valence-electron chi connectivity index (χ4n) is 2.24. The minimum atomic E-state index is -0.579. The summed E-state index contributed by atoms with van der Waals surface area (Å²) in [5.41, 5.74) is 5.76. The zero-order chi connectivity index (χ0) is 10.9. The van der Waals surface area contributed by atoms with Crippen LogP contribution in [-0.2, 0) is 10.3 Å². The molecule has 1 aromatic heterocycles. The number of ether oxygens (including phenoxy) is 1. The summed E-state index contributed by atoms with van der Waals surface area (Å²) in [6.07, 6.45) is 4.03. The van der Waals surface area contributed by atoms with Crippen LogP contribution in [0.1, 0.15) is 37.4 Å². The normalized spacial score (nSPS) is 31.8. The zero-order valence-corrected chi connectivity index (χ0v) is 9.19. The third kappa shape index (κ3) is 1.77. The highest BCUT2D eigenvalue weighted by Gasteiger charge is 2.42. The monoisotopic (exact) mass is 211 g/mol. The van der Waals surface area contributed by atoms with E-state index in [4.69, 9.17) is 15.0 Å². The summed E-state index contributed by atoms with van der Waals surface area (Å²) in [4.78, 5) is 4.22. The van der Waals surface area contributed by atoms with Gasteiger partial charge in [-0.2, -0.15) is 4.98 Å². The Labute approximate surface area is 89.0 Å². The molecule has 1 aliphatic rings. The SMILES string of the molecule is COC1CCCCC1(N)c1noc(C)n1. The molecule has 1 heterocycles. The Morgan fingerprint density at radius 3 is 2.93 bits per heavy atom. The van der Waals surface area contributed by atoms with Crippen LogP contribution in [0.25, 0.3) is 0 Å². The lowest BCUT2D eigenvalue weighted by Gasteiger charge is -2.37. The summed E-state index contributed by atoms with van der Waals surface area (Å²) in [7, 11) is 1.69. The Bertz CT molecular complexity index is 339. The fraction of sp³-hybridized carbons (Fsp3) is 0.800. The first kappa shape index (κ1) is 10.6. The van der Waals surface area contributed by atoms with Gasteiger partial charge in [-0.1, -0.05) is 18.0 Å². The average Bonchev–Trinajstić information content (AvgIpc) is 2.66. The van der Waals surface area contributed by atoms with E-state index in [1.54, 1.807) is 14.0 Å². The maximum absolute atomic E-state index is 6.34. The van der Waals surface area contributed by atoms with Crippen LogP contribution in [0.4, 0.5) is 0 Å². The van der Waals surface area contributed by atoms with Crippen LogP contribution >= 0.6 is 0 Å². The second-order valence-electron chi connectivity index (χ2n) is 4.15. The van der Waals surface area contributed by atoms with Crippen molar-refractivity contribution in [1.29, 1.82) is 0 Å². The fourth-order valence-corrected chi connectivity index (χ4v) is 2.24. The molecule has 2 N–H and O–H groups in total. The number of hydrogen-bond donors (Lipinski definition) is 1. The summed E-state index contributed by atoms with van der Waals surface area (Å²) in [5.74, 6) is 1.13. The van der Waals surface area contributed by atoms with Crippen LogP contribution < -0.4 is 5.73 Å². The van der Waals surface area contributed by atoms with E-state index in [2.05, 4.69) is 10.1 Å². The van der Waals surface area contributed by atoms with E-state index in [1.165, 1.54) is 0 Å². The van der Waals surface area contributed by atoms with E-state index < -0.39 is 5.54 Å². The van der Waals surface area contributed by atoms with Crippen molar-refractivity contribution < 1.29 is 9.26 Å². The lowest BCUT2D eigenvalue weighted by atomic mass is 9.79. The van der Waals surface area contributed by atoms with E-state index in [1.807, 2.05) is 0 Å². The van der Waals surface area contributed by atoms with Crippen molar-refractivity contribution in [2.45, 2.75) is 44.2 Å². The van der Waals surface area contributed by atoms with E-state index in [0.29, 0.717) is 11.7 Å². The third-order valence-corrected chi connectivity index (χ3v) is 3.11. The number of nitrogens with two attached hydrogens (primary N) is 1. The second kappa shape index (κ2) is 3.90. The number of aryl methyl sites for hydroxylation is 1. The molecule has 5 nitrogen and oxygen atoms in total. The summed E-state index contributed by atoms with van der Waals surface area (Å²) < 4.78 is 10.4. The Morgan fingerprint density at radius 1 is 1.53 bits per heavy atom. The molecule has 0 bridgehead atoms. The molecule has 84 valence electrons. The molecule has 0 spiro atoms. The molecule has 2 unspecified atom stereocenters. The predicted octanol–water partition coefficient (Wildman–Crippen LogP) is 1.12. The van der Waals surface area contributed by atoms with Crippen molar-refractivity contribution in [1.82, 2.24) is 10.1 Å². The molecule has 1 aliphatic carbocycles. The summed E-state index contributed by atoms with van der Waals surface area (Å²) in [6.45, 7) is 1.77. The van der Waals surface area contributed by atoms with Crippen LogP contribution in [0.5, 0.6) is 0 Å². The molecule has 0 aliphatic heterocycles. The molecule has 2 atom stereocenters. The molecule has 5 heteroatoms. The Hall–Kier alpha value is -0.940. The molecule has 0 amide bonds. The summed E-state index contributed by atoms with van der Waals surface area (Å²) in [6, 6.07) is 0. The number of nitrogens with zero attached hydrogens (tertiary/aromatic N) is 2. The van der Waals surface area contributed by atoms with Gasteiger partial charge in [-0.05, 0) is 12.8 Å². The van der Waals surface area contributed by atoms with Crippen molar-refractivity contribution >= 4 is 0 Å². The highest BCUT2D eigenvalue weighted by atomic mass is 16.5. The van der Waals surface area contributed by atoms with Crippen LogP contribution in [-0.4, -0.2) is 23.4 Å². The van der Waals surface area contributed by atoms with Gasteiger partial charge in [-0.15, -0.1) is 0 Å². The van der Waals surface area contributed by atoms with Crippen molar-refractivity contribution in [3.8, 4) is 0 Å². The number of aromatic nitrogens is 2. The van der Waals surface area contributed by atoms with E-state index in [0.717, 1.165) is 25.7 Å². The van der Waals surface area contributed by atoms with Gasteiger partial charge in [0.1, 0.15) is 5.54 Å². The molecular weight excluding hydrogens is 194 g/mol. The smallest absolute Gasteiger partial charge is 0.223 e. The largest absolute Gasteiger partial charge is 0.379 e. The first-order valence-corrected chi connectivity index (χ1v) is 5.29. The third-order valence-electron chi connectivity index (χ3n) is 3.11. The molecule has 0 saturated heterocycles. The minimum absolute atomic E-state index is 0.0109. The van der Waals surface area contributed by atoms with Crippen molar-refractivity contribution in [2.75, 3.05) is 7.11 Å². The predicted molar refractivity (Wildman–Crippen MR) is 54.2 cm³/mol. The summed E-state index contributed by atoms with van der Waals surface area (Å²) >= 11 is 0. The second-order valence-corrected chi connectivity index (χ2v) is 4.15. The van der Waals surface area contributed by atoms with Gasteiger partial charge < -0.3 is 15.0 Å². The quantitative estimate of drug-likeness (QED) is 0.793. The molecule has 2 rings (SSSR count). The van der Waals surface area contributed by atoms with E-state index in [9.17, 15) is 0 Å². The molecule has 1 fully saturated rings. The zero-order valence-electron chi connectivity index (χ0n) is 9.19. The summed E-state index contributed by atoms with van der Waals surface area (Å²) in [5, 5.41) is 3.92. The van der Waals surface area contributed by atoms with Crippen molar-refractivity contribution in [3.05, 3.63) is 11.7 Å². The van der Waals surface area contributed by atoms with Crippen molar-refractivity contribution in [3.63, 3.8) is 0 Å². The van der Waals surface area contributed by atoms with Gasteiger partial charge in [0.2, 0.25) is 5.89 Å². The maximum Gasteiger partial charge on any atom is 0.223 e. The van der Waals surface area contributed by atoms with Crippen LogP contribution in [0.3, 0.4) is 0 Å². The molecule has 1 aromatic rings. The van der Waals surface area contributed by atoms with Gasteiger partial charge in [0, 0.05) is 14.0 Å².